The highest BCUT2D eigenvalue weighted by molar-refractivity contribution is 5.74. The molecule has 21 heavy (non-hydrogen) atoms. The molecule has 2 aromatic rings. The van der Waals surface area contributed by atoms with Crippen LogP contribution in [0.4, 0.5) is 20.2 Å². The first kappa shape index (κ1) is 15.0. The summed E-state index contributed by atoms with van der Waals surface area (Å²) in [5.41, 5.74) is 1.89. The maximum Gasteiger partial charge on any atom is 0.239 e. The van der Waals surface area contributed by atoms with Crippen molar-refractivity contribution in [3.05, 3.63) is 47.7 Å². The van der Waals surface area contributed by atoms with Crippen molar-refractivity contribution in [3.8, 4) is 5.88 Å². The van der Waals surface area contributed by atoms with Crippen molar-refractivity contribution in [2.45, 2.75) is 6.54 Å². The first-order chi connectivity index (χ1) is 10.0. The fraction of sp³-hybridized carbons (Fsp3) is 0.267. The van der Waals surface area contributed by atoms with Crippen molar-refractivity contribution in [2.75, 3.05) is 31.4 Å². The van der Waals surface area contributed by atoms with Gasteiger partial charge in [0.05, 0.1) is 12.8 Å². The van der Waals surface area contributed by atoms with Crippen LogP contribution in [-0.4, -0.2) is 26.2 Å². The molecule has 0 spiro atoms. The monoisotopic (exact) mass is 293 g/mol. The Labute approximate surface area is 122 Å². The van der Waals surface area contributed by atoms with Gasteiger partial charge in [0.15, 0.2) is 0 Å². The van der Waals surface area contributed by atoms with Gasteiger partial charge in [0.25, 0.3) is 0 Å². The summed E-state index contributed by atoms with van der Waals surface area (Å²) in [5.74, 6) is -0.760. The first-order valence-electron chi connectivity index (χ1n) is 6.41. The maximum atomic E-state index is 13.7. The molecular weight excluding hydrogens is 276 g/mol. The number of ether oxygens (including phenoxy) is 1. The molecule has 0 saturated carbocycles. The lowest BCUT2D eigenvalue weighted by molar-refractivity contribution is 0.399. The van der Waals surface area contributed by atoms with Gasteiger partial charge < -0.3 is 15.0 Å². The molecule has 0 aliphatic carbocycles. The van der Waals surface area contributed by atoms with E-state index in [0.717, 1.165) is 11.8 Å². The Morgan fingerprint density at radius 2 is 2.00 bits per heavy atom. The number of methoxy groups -OCH3 is 1. The van der Waals surface area contributed by atoms with Gasteiger partial charge in [0.1, 0.15) is 17.3 Å². The number of hydrogen-bond donors (Lipinski definition) is 1. The highest BCUT2D eigenvalue weighted by Gasteiger charge is 2.13. The molecule has 6 heteroatoms. The van der Waals surface area contributed by atoms with Gasteiger partial charge in [-0.15, -0.1) is 0 Å². The number of benzene rings is 1. The number of nitrogens with zero attached hydrogens (tertiary/aromatic N) is 2. The van der Waals surface area contributed by atoms with Crippen LogP contribution in [0.1, 0.15) is 5.56 Å². The Balaban J connectivity index is 2.26. The molecule has 1 N–H and O–H groups in total. The quantitative estimate of drug-likeness (QED) is 0.919. The van der Waals surface area contributed by atoms with Crippen molar-refractivity contribution in [2.24, 2.45) is 0 Å². The lowest BCUT2D eigenvalue weighted by Crippen LogP contribution is -2.14. The Morgan fingerprint density at radius 3 is 2.62 bits per heavy atom. The Hall–Kier alpha value is -2.37. The van der Waals surface area contributed by atoms with E-state index in [1.165, 1.54) is 19.2 Å². The second-order valence-corrected chi connectivity index (χ2v) is 4.70. The van der Waals surface area contributed by atoms with Gasteiger partial charge in [-0.05, 0) is 12.1 Å². The molecule has 0 radical (unpaired) electrons. The first-order valence-corrected chi connectivity index (χ1v) is 6.41. The van der Waals surface area contributed by atoms with Crippen molar-refractivity contribution in [1.29, 1.82) is 0 Å². The van der Waals surface area contributed by atoms with Gasteiger partial charge in [-0.2, -0.15) is 0 Å². The third kappa shape index (κ3) is 3.39. The molecule has 0 bridgehead atoms. The van der Waals surface area contributed by atoms with Crippen LogP contribution in [0.3, 0.4) is 0 Å². The zero-order chi connectivity index (χ0) is 15.4. The molecule has 0 amide bonds. The van der Waals surface area contributed by atoms with Gasteiger partial charge in [-0.3, -0.25) is 0 Å². The Morgan fingerprint density at radius 1 is 1.24 bits per heavy atom. The van der Waals surface area contributed by atoms with E-state index in [-0.39, 0.29) is 6.54 Å². The molecule has 1 aromatic heterocycles. The minimum absolute atomic E-state index is 0.203. The summed E-state index contributed by atoms with van der Waals surface area (Å²) in [6, 6.07) is 5.33. The average molecular weight is 293 g/mol. The summed E-state index contributed by atoms with van der Waals surface area (Å²) in [6.07, 6.45) is 1.64. The molecular formula is C15H17F2N3O. The number of pyridine rings is 1. The molecule has 0 aliphatic heterocycles. The molecule has 112 valence electrons. The predicted molar refractivity (Wildman–Crippen MR) is 78.8 cm³/mol. The third-order valence-electron chi connectivity index (χ3n) is 3.04. The largest absolute Gasteiger partial charge is 0.479 e. The summed E-state index contributed by atoms with van der Waals surface area (Å²) in [7, 11) is 5.29. The van der Waals surface area contributed by atoms with Gasteiger partial charge in [-0.1, -0.05) is 6.07 Å². The highest BCUT2D eigenvalue weighted by atomic mass is 19.1. The molecule has 1 heterocycles. The summed E-state index contributed by atoms with van der Waals surface area (Å²) in [5, 5.41) is 3.10. The van der Waals surface area contributed by atoms with Crippen LogP contribution in [0, 0.1) is 11.6 Å². The number of hydrogen-bond acceptors (Lipinski definition) is 4. The van der Waals surface area contributed by atoms with Crippen LogP contribution in [0.2, 0.25) is 0 Å². The van der Waals surface area contributed by atoms with Crippen LogP contribution < -0.4 is 15.0 Å². The molecule has 0 unspecified atom stereocenters. The van der Waals surface area contributed by atoms with Gasteiger partial charge in [0.2, 0.25) is 5.88 Å². The lowest BCUT2D eigenvalue weighted by atomic mass is 10.2. The fourth-order valence-electron chi connectivity index (χ4n) is 1.98. The van der Waals surface area contributed by atoms with Crippen molar-refractivity contribution >= 4 is 11.4 Å². The molecule has 1 aromatic carbocycles. The SMILES string of the molecule is COc1nccc(N(C)C)c1NCc1ccc(F)cc1F. The van der Waals surface area contributed by atoms with Gasteiger partial charge >= 0.3 is 0 Å². The van der Waals surface area contributed by atoms with E-state index in [0.29, 0.717) is 17.1 Å². The second kappa shape index (κ2) is 6.39. The van der Waals surface area contributed by atoms with E-state index < -0.39 is 11.6 Å². The van der Waals surface area contributed by atoms with Gasteiger partial charge in [-0.25, -0.2) is 13.8 Å². The number of aromatic nitrogens is 1. The van der Waals surface area contributed by atoms with E-state index in [1.54, 1.807) is 6.20 Å². The minimum atomic E-state index is -0.593. The summed E-state index contributed by atoms with van der Waals surface area (Å²) >= 11 is 0. The number of anilines is 2. The number of halogens is 2. The Kier molecular flexibility index (Phi) is 4.57. The van der Waals surface area contributed by atoms with Gasteiger partial charge in [0, 0.05) is 38.5 Å². The molecule has 0 aliphatic rings. The van der Waals surface area contributed by atoms with Crippen LogP contribution in [0.25, 0.3) is 0 Å². The average Bonchev–Trinajstić information content (AvgIpc) is 2.45. The number of nitrogens with one attached hydrogen (secondary N) is 1. The third-order valence-corrected chi connectivity index (χ3v) is 3.04. The van der Waals surface area contributed by atoms with E-state index in [2.05, 4.69) is 10.3 Å². The zero-order valence-electron chi connectivity index (χ0n) is 12.2. The van der Waals surface area contributed by atoms with Crippen LogP contribution in [0.5, 0.6) is 5.88 Å². The molecule has 0 saturated heterocycles. The molecule has 4 nitrogen and oxygen atoms in total. The van der Waals surface area contributed by atoms with Crippen molar-refractivity contribution in [1.82, 2.24) is 4.98 Å². The summed E-state index contributed by atoms with van der Waals surface area (Å²) in [4.78, 5) is 6.02. The number of rotatable bonds is 5. The van der Waals surface area contributed by atoms with Crippen molar-refractivity contribution in [3.63, 3.8) is 0 Å². The predicted octanol–water partition coefficient (Wildman–Crippen LogP) is 3.05. The lowest BCUT2D eigenvalue weighted by Gasteiger charge is -2.20. The van der Waals surface area contributed by atoms with Crippen LogP contribution >= 0.6 is 0 Å². The van der Waals surface area contributed by atoms with Crippen LogP contribution in [-0.2, 0) is 6.54 Å². The van der Waals surface area contributed by atoms with Crippen LogP contribution in [0.15, 0.2) is 30.5 Å². The molecule has 0 atom stereocenters. The highest BCUT2D eigenvalue weighted by Crippen LogP contribution is 2.32. The van der Waals surface area contributed by atoms with E-state index >= 15 is 0 Å². The topological polar surface area (TPSA) is 37.4 Å². The normalized spacial score (nSPS) is 10.3. The standard InChI is InChI=1S/C15H17F2N3O/c1-20(2)13-6-7-18-15(21-3)14(13)19-9-10-4-5-11(16)8-12(10)17/h4-8,19H,9H2,1-3H3. The maximum absolute atomic E-state index is 13.7. The molecule has 0 fully saturated rings. The fourth-order valence-corrected chi connectivity index (χ4v) is 1.98. The Bertz CT molecular complexity index is 632. The minimum Gasteiger partial charge on any atom is -0.479 e. The summed E-state index contributed by atoms with van der Waals surface area (Å²) in [6.45, 7) is 0.203. The molecule has 2 rings (SSSR count). The van der Waals surface area contributed by atoms with E-state index in [1.807, 2.05) is 25.1 Å². The second-order valence-electron chi connectivity index (χ2n) is 4.70. The summed E-state index contributed by atoms with van der Waals surface area (Å²) < 4.78 is 31.8. The van der Waals surface area contributed by atoms with Crippen molar-refractivity contribution < 1.29 is 13.5 Å². The smallest absolute Gasteiger partial charge is 0.239 e. The zero-order valence-corrected chi connectivity index (χ0v) is 12.2. The van der Waals surface area contributed by atoms with E-state index in [9.17, 15) is 8.78 Å². The van der Waals surface area contributed by atoms with E-state index in [4.69, 9.17) is 4.74 Å².